The highest BCUT2D eigenvalue weighted by atomic mass is 79.9. The average Bonchev–Trinajstić information content (AvgIpc) is 2.28. The molecule has 1 aromatic carbocycles. The van der Waals surface area contributed by atoms with E-state index in [2.05, 4.69) is 21.2 Å². The molecule has 0 atom stereocenters. The molecule has 1 N–H and O–H groups in total. The van der Waals surface area contributed by atoms with Crippen molar-refractivity contribution >= 4 is 15.9 Å². The monoisotopic (exact) mass is 301 g/mol. The van der Waals surface area contributed by atoms with Crippen molar-refractivity contribution in [3.8, 4) is 5.75 Å². The summed E-state index contributed by atoms with van der Waals surface area (Å²) in [5.41, 5.74) is 1.19. The maximum Gasteiger partial charge on any atom is 0.119 e. The van der Waals surface area contributed by atoms with Gasteiger partial charge >= 0.3 is 0 Å². The van der Waals surface area contributed by atoms with Gasteiger partial charge in [0.05, 0.1) is 12.7 Å². The Morgan fingerprint density at radius 1 is 1.29 bits per heavy atom. The Hall–Kier alpha value is -0.580. The molecule has 96 valence electrons. The first-order valence-corrected chi connectivity index (χ1v) is 6.60. The average molecular weight is 302 g/mol. The van der Waals surface area contributed by atoms with Crippen molar-refractivity contribution in [3.05, 3.63) is 28.2 Å². The SMILES string of the molecule is CNCc1cc(OCCOC(C)C)ccc1Br. The summed E-state index contributed by atoms with van der Waals surface area (Å²) in [5, 5.41) is 3.12. The Labute approximate surface area is 112 Å². The predicted molar refractivity (Wildman–Crippen MR) is 73.5 cm³/mol. The van der Waals surface area contributed by atoms with Crippen LogP contribution in [0.5, 0.6) is 5.75 Å². The van der Waals surface area contributed by atoms with Gasteiger partial charge in [0.15, 0.2) is 0 Å². The number of hydrogen-bond acceptors (Lipinski definition) is 3. The highest BCUT2D eigenvalue weighted by Crippen LogP contribution is 2.22. The second-order valence-electron chi connectivity index (χ2n) is 4.05. The zero-order chi connectivity index (χ0) is 12.7. The molecule has 0 saturated carbocycles. The van der Waals surface area contributed by atoms with Crippen LogP contribution in [0.25, 0.3) is 0 Å². The largest absolute Gasteiger partial charge is 0.491 e. The molecule has 17 heavy (non-hydrogen) atoms. The number of ether oxygens (including phenoxy) is 2. The Morgan fingerprint density at radius 3 is 2.71 bits per heavy atom. The minimum absolute atomic E-state index is 0.253. The second kappa shape index (κ2) is 7.69. The summed E-state index contributed by atoms with van der Waals surface area (Å²) < 4.78 is 12.1. The first kappa shape index (κ1) is 14.5. The minimum atomic E-state index is 0.253. The molecule has 0 amide bonds. The van der Waals surface area contributed by atoms with Crippen LogP contribution in [-0.2, 0) is 11.3 Å². The lowest BCUT2D eigenvalue weighted by atomic mass is 10.2. The van der Waals surface area contributed by atoms with Crippen LogP contribution in [0.2, 0.25) is 0 Å². The minimum Gasteiger partial charge on any atom is -0.491 e. The van der Waals surface area contributed by atoms with Gasteiger partial charge in [-0.05, 0) is 44.7 Å². The summed E-state index contributed by atoms with van der Waals surface area (Å²) in [6.07, 6.45) is 0.253. The van der Waals surface area contributed by atoms with Crippen LogP contribution in [0.15, 0.2) is 22.7 Å². The first-order valence-electron chi connectivity index (χ1n) is 5.81. The van der Waals surface area contributed by atoms with Gasteiger partial charge in [0, 0.05) is 11.0 Å². The van der Waals surface area contributed by atoms with Crippen molar-refractivity contribution in [2.75, 3.05) is 20.3 Å². The molecule has 4 heteroatoms. The van der Waals surface area contributed by atoms with Gasteiger partial charge in [-0.1, -0.05) is 15.9 Å². The molecular weight excluding hydrogens is 282 g/mol. The Balaban J connectivity index is 2.45. The van der Waals surface area contributed by atoms with Gasteiger partial charge in [-0.3, -0.25) is 0 Å². The fourth-order valence-corrected chi connectivity index (χ4v) is 1.80. The molecule has 0 heterocycles. The van der Waals surface area contributed by atoms with Crippen molar-refractivity contribution in [1.29, 1.82) is 0 Å². The molecule has 0 aliphatic rings. The van der Waals surface area contributed by atoms with E-state index < -0.39 is 0 Å². The van der Waals surface area contributed by atoms with Crippen molar-refractivity contribution in [3.63, 3.8) is 0 Å². The smallest absolute Gasteiger partial charge is 0.119 e. The quantitative estimate of drug-likeness (QED) is 0.786. The van der Waals surface area contributed by atoms with Gasteiger partial charge in [-0.25, -0.2) is 0 Å². The summed E-state index contributed by atoms with van der Waals surface area (Å²) in [6.45, 7) is 6.06. The van der Waals surface area contributed by atoms with Crippen molar-refractivity contribution in [2.45, 2.75) is 26.5 Å². The van der Waals surface area contributed by atoms with Crippen LogP contribution in [-0.4, -0.2) is 26.4 Å². The highest BCUT2D eigenvalue weighted by molar-refractivity contribution is 9.10. The van der Waals surface area contributed by atoms with Gasteiger partial charge in [-0.2, -0.15) is 0 Å². The Bertz CT molecular complexity index is 342. The van der Waals surface area contributed by atoms with E-state index in [0.717, 1.165) is 16.8 Å². The zero-order valence-electron chi connectivity index (χ0n) is 10.6. The van der Waals surface area contributed by atoms with Crippen molar-refractivity contribution < 1.29 is 9.47 Å². The molecule has 0 radical (unpaired) electrons. The van der Waals surface area contributed by atoms with Gasteiger partial charge in [0.1, 0.15) is 12.4 Å². The molecular formula is C13H20BrNO2. The number of nitrogens with one attached hydrogen (secondary N) is 1. The van der Waals surface area contributed by atoms with E-state index in [1.807, 2.05) is 39.1 Å². The molecule has 0 bridgehead atoms. The number of hydrogen-bond donors (Lipinski definition) is 1. The summed E-state index contributed by atoms with van der Waals surface area (Å²) in [5.74, 6) is 0.880. The van der Waals surface area contributed by atoms with E-state index in [0.29, 0.717) is 13.2 Å². The maximum absolute atomic E-state index is 5.62. The molecule has 1 aromatic rings. The zero-order valence-corrected chi connectivity index (χ0v) is 12.2. The molecule has 0 saturated heterocycles. The lowest BCUT2D eigenvalue weighted by Gasteiger charge is -2.11. The van der Waals surface area contributed by atoms with E-state index in [9.17, 15) is 0 Å². The third-order valence-corrected chi connectivity index (χ3v) is 2.96. The summed E-state index contributed by atoms with van der Waals surface area (Å²) in [4.78, 5) is 0. The number of rotatable bonds is 7. The molecule has 0 spiro atoms. The van der Waals surface area contributed by atoms with Gasteiger partial charge < -0.3 is 14.8 Å². The lowest BCUT2D eigenvalue weighted by molar-refractivity contribution is 0.0552. The van der Waals surface area contributed by atoms with Gasteiger partial charge in [0.25, 0.3) is 0 Å². The third kappa shape index (κ3) is 5.52. The fourth-order valence-electron chi connectivity index (χ4n) is 1.41. The van der Waals surface area contributed by atoms with E-state index in [1.54, 1.807) is 0 Å². The molecule has 1 rings (SSSR count). The highest BCUT2D eigenvalue weighted by Gasteiger charge is 2.02. The molecule has 0 aliphatic heterocycles. The third-order valence-electron chi connectivity index (χ3n) is 2.19. The van der Waals surface area contributed by atoms with Gasteiger partial charge in [0.2, 0.25) is 0 Å². The van der Waals surface area contributed by atoms with E-state index >= 15 is 0 Å². The van der Waals surface area contributed by atoms with Crippen LogP contribution in [0, 0.1) is 0 Å². The Kier molecular flexibility index (Phi) is 6.55. The molecule has 0 aromatic heterocycles. The topological polar surface area (TPSA) is 30.5 Å². The first-order chi connectivity index (χ1) is 8.13. The standard InChI is InChI=1S/C13H20BrNO2/c1-10(2)16-6-7-17-12-4-5-13(14)11(8-12)9-15-3/h4-5,8,10,15H,6-7,9H2,1-3H3. The van der Waals surface area contributed by atoms with Crippen LogP contribution >= 0.6 is 15.9 Å². The van der Waals surface area contributed by atoms with E-state index in [4.69, 9.17) is 9.47 Å². The van der Waals surface area contributed by atoms with Crippen LogP contribution in [0.1, 0.15) is 19.4 Å². The second-order valence-corrected chi connectivity index (χ2v) is 4.91. The van der Waals surface area contributed by atoms with Gasteiger partial charge in [-0.15, -0.1) is 0 Å². The lowest BCUT2D eigenvalue weighted by Crippen LogP contribution is -2.11. The normalized spacial score (nSPS) is 10.9. The van der Waals surface area contributed by atoms with Crippen LogP contribution in [0.4, 0.5) is 0 Å². The van der Waals surface area contributed by atoms with Crippen molar-refractivity contribution in [1.82, 2.24) is 5.32 Å². The fraction of sp³-hybridized carbons (Fsp3) is 0.538. The van der Waals surface area contributed by atoms with E-state index in [1.165, 1.54) is 5.56 Å². The van der Waals surface area contributed by atoms with E-state index in [-0.39, 0.29) is 6.10 Å². The molecule has 0 aliphatic carbocycles. The van der Waals surface area contributed by atoms with Crippen LogP contribution < -0.4 is 10.1 Å². The number of benzene rings is 1. The number of halogens is 1. The molecule has 0 unspecified atom stereocenters. The predicted octanol–water partition coefficient (Wildman–Crippen LogP) is 2.97. The molecule has 3 nitrogen and oxygen atoms in total. The Morgan fingerprint density at radius 2 is 2.06 bits per heavy atom. The summed E-state index contributed by atoms with van der Waals surface area (Å²) >= 11 is 3.51. The summed E-state index contributed by atoms with van der Waals surface area (Å²) in [7, 11) is 1.93. The van der Waals surface area contributed by atoms with Crippen molar-refractivity contribution in [2.24, 2.45) is 0 Å². The maximum atomic E-state index is 5.62. The van der Waals surface area contributed by atoms with Crippen LogP contribution in [0.3, 0.4) is 0 Å². The molecule has 0 fully saturated rings. The summed E-state index contributed by atoms with van der Waals surface area (Å²) in [6, 6.07) is 6.00.